The first-order valence-electron chi connectivity index (χ1n) is 5.70. The van der Waals surface area contributed by atoms with Crippen LogP contribution >= 0.6 is 0 Å². The summed E-state index contributed by atoms with van der Waals surface area (Å²) in [7, 11) is 0. The second-order valence-corrected chi connectivity index (χ2v) is 4.23. The molecule has 2 rings (SSSR count). The van der Waals surface area contributed by atoms with Gasteiger partial charge in [0.25, 0.3) is 0 Å². The molecule has 0 aromatic carbocycles. The molecule has 1 aliphatic heterocycles. The molecule has 0 aromatic rings. The van der Waals surface area contributed by atoms with Crippen LogP contribution in [0.25, 0.3) is 0 Å². The van der Waals surface area contributed by atoms with Crippen molar-refractivity contribution in [1.29, 1.82) is 0 Å². The second-order valence-electron chi connectivity index (χ2n) is 4.23. The third-order valence-electron chi connectivity index (χ3n) is 2.77. The molecule has 3 atom stereocenters. The van der Waals surface area contributed by atoms with Gasteiger partial charge in [-0.2, -0.15) is 0 Å². The Morgan fingerprint density at radius 2 is 2.25 bits per heavy atom. The SMILES string of the molecule is O[C@@H]1CO[C@H](OCC2=CCCC=C2)[C@@H](O)C1. The van der Waals surface area contributed by atoms with Gasteiger partial charge >= 0.3 is 0 Å². The predicted octanol–water partition coefficient (Wildman–Crippen LogP) is 0.748. The van der Waals surface area contributed by atoms with Crippen molar-refractivity contribution < 1.29 is 19.7 Å². The third kappa shape index (κ3) is 3.15. The fourth-order valence-corrected chi connectivity index (χ4v) is 1.89. The Bertz CT molecular complexity index is 285. The van der Waals surface area contributed by atoms with Gasteiger partial charge in [0.15, 0.2) is 6.29 Å². The highest BCUT2D eigenvalue weighted by molar-refractivity contribution is 5.22. The molecule has 0 unspecified atom stereocenters. The van der Waals surface area contributed by atoms with Crippen LogP contribution in [0.5, 0.6) is 0 Å². The summed E-state index contributed by atoms with van der Waals surface area (Å²) in [5.74, 6) is 0. The molecule has 4 nitrogen and oxygen atoms in total. The number of hydrogen-bond acceptors (Lipinski definition) is 4. The molecule has 4 heteroatoms. The van der Waals surface area contributed by atoms with Crippen molar-refractivity contribution in [3.05, 3.63) is 23.8 Å². The van der Waals surface area contributed by atoms with E-state index in [0.717, 1.165) is 18.4 Å². The fraction of sp³-hybridized carbons (Fsp3) is 0.667. The minimum atomic E-state index is -0.739. The third-order valence-corrected chi connectivity index (χ3v) is 2.77. The van der Waals surface area contributed by atoms with Crippen LogP contribution in [-0.4, -0.2) is 41.9 Å². The Morgan fingerprint density at radius 3 is 2.94 bits per heavy atom. The first-order valence-corrected chi connectivity index (χ1v) is 5.70. The smallest absolute Gasteiger partial charge is 0.184 e. The van der Waals surface area contributed by atoms with Gasteiger partial charge in [-0.15, -0.1) is 0 Å². The Labute approximate surface area is 95.2 Å². The summed E-state index contributed by atoms with van der Waals surface area (Å²) >= 11 is 0. The van der Waals surface area contributed by atoms with Gasteiger partial charge in [0.1, 0.15) is 6.10 Å². The van der Waals surface area contributed by atoms with E-state index in [-0.39, 0.29) is 6.61 Å². The van der Waals surface area contributed by atoms with Crippen molar-refractivity contribution in [2.75, 3.05) is 13.2 Å². The van der Waals surface area contributed by atoms with E-state index in [0.29, 0.717) is 13.0 Å². The average Bonchev–Trinajstić information content (AvgIpc) is 2.29. The zero-order valence-electron chi connectivity index (χ0n) is 9.21. The molecule has 1 fully saturated rings. The van der Waals surface area contributed by atoms with Crippen molar-refractivity contribution >= 4 is 0 Å². The Morgan fingerprint density at radius 1 is 1.38 bits per heavy atom. The van der Waals surface area contributed by atoms with Crippen LogP contribution in [0.3, 0.4) is 0 Å². The van der Waals surface area contributed by atoms with Crippen LogP contribution in [0.15, 0.2) is 23.8 Å². The van der Waals surface area contributed by atoms with Crippen LogP contribution in [0, 0.1) is 0 Å². The van der Waals surface area contributed by atoms with Crippen LogP contribution in [-0.2, 0) is 9.47 Å². The minimum absolute atomic E-state index is 0.233. The number of allylic oxidation sites excluding steroid dienone is 2. The summed E-state index contributed by atoms with van der Waals surface area (Å²) in [5.41, 5.74) is 1.12. The Kier molecular flexibility index (Phi) is 4.12. The van der Waals surface area contributed by atoms with Gasteiger partial charge in [-0.25, -0.2) is 0 Å². The molecule has 2 N–H and O–H groups in total. The summed E-state index contributed by atoms with van der Waals surface area (Å²) in [4.78, 5) is 0. The molecule has 1 heterocycles. The Balaban J connectivity index is 1.77. The molecular weight excluding hydrogens is 208 g/mol. The summed E-state index contributed by atoms with van der Waals surface area (Å²) in [5, 5.41) is 18.9. The van der Waals surface area contributed by atoms with E-state index in [1.165, 1.54) is 0 Å². The molecule has 1 aliphatic carbocycles. The number of rotatable bonds is 3. The first kappa shape index (κ1) is 11.8. The van der Waals surface area contributed by atoms with E-state index in [2.05, 4.69) is 12.2 Å². The molecule has 1 saturated heterocycles. The van der Waals surface area contributed by atoms with Gasteiger partial charge in [0.2, 0.25) is 0 Å². The average molecular weight is 226 g/mol. The van der Waals surface area contributed by atoms with E-state index >= 15 is 0 Å². The quantitative estimate of drug-likeness (QED) is 0.745. The highest BCUT2D eigenvalue weighted by Crippen LogP contribution is 2.17. The van der Waals surface area contributed by atoms with E-state index in [4.69, 9.17) is 9.47 Å². The summed E-state index contributed by atoms with van der Waals surface area (Å²) in [6.45, 7) is 0.685. The molecule has 0 amide bonds. The maximum absolute atomic E-state index is 9.62. The standard InChI is InChI=1S/C12H18O4/c13-10-6-11(14)12(16-8-10)15-7-9-4-2-1-3-5-9/h2,4-5,10-14H,1,3,6-8H2/t10-,11-,12-/m0/s1. The normalized spacial score (nSPS) is 34.9. The van der Waals surface area contributed by atoms with E-state index < -0.39 is 18.5 Å². The molecule has 90 valence electrons. The molecule has 2 aliphatic rings. The van der Waals surface area contributed by atoms with Crippen LogP contribution in [0.1, 0.15) is 19.3 Å². The lowest BCUT2D eigenvalue weighted by atomic mass is 10.1. The maximum Gasteiger partial charge on any atom is 0.184 e. The zero-order valence-corrected chi connectivity index (χ0v) is 9.21. The molecule has 0 radical (unpaired) electrons. The number of aliphatic hydroxyl groups excluding tert-OH is 2. The van der Waals surface area contributed by atoms with Gasteiger partial charge in [0, 0.05) is 6.42 Å². The molecule has 0 bridgehead atoms. The van der Waals surface area contributed by atoms with Crippen molar-refractivity contribution in [2.24, 2.45) is 0 Å². The lowest BCUT2D eigenvalue weighted by Gasteiger charge is -2.30. The van der Waals surface area contributed by atoms with Crippen LogP contribution in [0.4, 0.5) is 0 Å². The molecular formula is C12H18O4. The molecule has 0 saturated carbocycles. The highest BCUT2D eigenvalue weighted by Gasteiger charge is 2.29. The number of ether oxygens (including phenoxy) is 2. The first-order chi connectivity index (χ1) is 7.75. The molecule has 0 spiro atoms. The van der Waals surface area contributed by atoms with Gasteiger partial charge < -0.3 is 19.7 Å². The number of aliphatic hydroxyl groups is 2. The molecule has 0 aromatic heterocycles. The Hall–Kier alpha value is -0.680. The minimum Gasteiger partial charge on any atom is -0.391 e. The highest BCUT2D eigenvalue weighted by atomic mass is 16.7. The monoisotopic (exact) mass is 226 g/mol. The van der Waals surface area contributed by atoms with E-state index in [1.807, 2.05) is 6.08 Å². The molecule has 16 heavy (non-hydrogen) atoms. The zero-order chi connectivity index (χ0) is 11.4. The van der Waals surface area contributed by atoms with Crippen LogP contribution in [0.2, 0.25) is 0 Å². The lowest BCUT2D eigenvalue weighted by molar-refractivity contribution is -0.232. The maximum atomic E-state index is 9.62. The van der Waals surface area contributed by atoms with Gasteiger partial charge in [-0.1, -0.05) is 18.2 Å². The second kappa shape index (κ2) is 5.59. The predicted molar refractivity (Wildman–Crippen MR) is 58.8 cm³/mol. The lowest BCUT2D eigenvalue weighted by Crippen LogP contribution is -2.42. The topological polar surface area (TPSA) is 58.9 Å². The van der Waals surface area contributed by atoms with Gasteiger partial charge in [-0.05, 0) is 18.4 Å². The largest absolute Gasteiger partial charge is 0.391 e. The number of hydrogen-bond donors (Lipinski definition) is 2. The van der Waals surface area contributed by atoms with Crippen LogP contribution < -0.4 is 0 Å². The van der Waals surface area contributed by atoms with Gasteiger partial charge in [-0.3, -0.25) is 0 Å². The fourth-order valence-electron chi connectivity index (χ4n) is 1.89. The summed E-state index contributed by atoms with van der Waals surface area (Å²) < 4.78 is 10.7. The van der Waals surface area contributed by atoms with Crippen molar-refractivity contribution in [3.8, 4) is 0 Å². The summed E-state index contributed by atoms with van der Waals surface area (Å²) in [6.07, 6.45) is 6.79. The van der Waals surface area contributed by atoms with Crippen molar-refractivity contribution in [1.82, 2.24) is 0 Å². The van der Waals surface area contributed by atoms with Gasteiger partial charge in [0.05, 0.1) is 19.3 Å². The summed E-state index contributed by atoms with van der Waals surface area (Å²) in [6, 6.07) is 0. The van der Waals surface area contributed by atoms with E-state index in [1.54, 1.807) is 0 Å². The van der Waals surface area contributed by atoms with Crippen molar-refractivity contribution in [2.45, 2.75) is 37.8 Å². The van der Waals surface area contributed by atoms with Crippen molar-refractivity contribution in [3.63, 3.8) is 0 Å². The van der Waals surface area contributed by atoms with E-state index in [9.17, 15) is 10.2 Å².